The fourth-order valence-corrected chi connectivity index (χ4v) is 2.65. The minimum atomic E-state index is -0.771. The monoisotopic (exact) mass is 274 g/mol. The zero-order chi connectivity index (χ0) is 13.4. The van der Waals surface area contributed by atoms with Crippen LogP contribution < -0.4 is 10.6 Å². The maximum atomic E-state index is 11.7. The minimum Gasteiger partial charge on any atom is -0.352 e. The predicted octanol–water partition coefficient (Wildman–Crippen LogP) is 1.18. The molecule has 0 heterocycles. The van der Waals surface area contributed by atoms with E-state index in [1.165, 1.54) is 19.3 Å². The summed E-state index contributed by atoms with van der Waals surface area (Å²) >= 11 is 0. The first-order chi connectivity index (χ1) is 8.59. The highest BCUT2D eigenvalue weighted by Crippen LogP contribution is 2.16. The van der Waals surface area contributed by atoms with Crippen molar-refractivity contribution in [1.29, 1.82) is 0 Å². The standard InChI is InChI=1S/C13H26N2O2S/c1-11(18(2)17)8-9-14-10-13(16)15-12-6-4-3-5-7-12/h11-12,14H,3-10H2,1-2H3,(H,15,16). The van der Waals surface area contributed by atoms with E-state index < -0.39 is 10.8 Å². The van der Waals surface area contributed by atoms with Gasteiger partial charge >= 0.3 is 0 Å². The van der Waals surface area contributed by atoms with Gasteiger partial charge in [-0.25, -0.2) is 0 Å². The van der Waals surface area contributed by atoms with Crippen LogP contribution in [0.15, 0.2) is 0 Å². The number of carbonyl (C=O) groups excluding carboxylic acids is 1. The van der Waals surface area contributed by atoms with Gasteiger partial charge in [-0.1, -0.05) is 26.2 Å². The Balaban J connectivity index is 2.04. The van der Waals surface area contributed by atoms with Gasteiger partial charge in [-0.05, 0) is 25.8 Å². The molecule has 5 heteroatoms. The summed E-state index contributed by atoms with van der Waals surface area (Å²) in [6.07, 6.45) is 8.59. The first-order valence-electron chi connectivity index (χ1n) is 6.92. The highest BCUT2D eigenvalue weighted by molar-refractivity contribution is 7.84. The summed E-state index contributed by atoms with van der Waals surface area (Å²) in [5.74, 6) is 0.0900. The molecule has 0 saturated heterocycles. The van der Waals surface area contributed by atoms with Gasteiger partial charge in [0.25, 0.3) is 0 Å². The largest absolute Gasteiger partial charge is 0.352 e. The van der Waals surface area contributed by atoms with Crippen LogP contribution in [0.3, 0.4) is 0 Å². The Morgan fingerprint density at radius 3 is 2.61 bits per heavy atom. The zero-order valence-corrected chi connectivity index (χ0v) is 12.4. The second-order valence-electron chi connectivity index (χ2n) is 5.18. The van der Waals surface area contributed by atoms with E-state index in [9.17, 15) is 9.00 Å². The average molecular weight is 274 g/mol. The maximum absolute atomic E-state index is 11.7. The van der Waals surface area contributed by atoms with Gasteiger partial charge in [-0.15, -0.1) is 0 Å². The third kappa shape index (κ3) is 6.50. The van der Waals surface area contributed by atoms with Crippen molar-refractivity contribution >= 4 is 16.7 Å². The van der Waals surface area contributed by atoms with E-state index in [1.54, 1.807) is 6.26 Å². The van der Waals surface area contributed by atoms with Crippen molar-refractivity contribution in [3.8, 4) is 0 Å². The van der Waals surface area contributed by atoms with Crippen LogP contribution in [0.4, 0.5) is 0 Å². The number of nitrogens with one attached hydrogen (secondary N) is 2. The van der Waals surface area contributed by atoms with Crippen molar-refractivity contribution in [3.63, 3.8) is 0 Å². The van der Waals surface area contributed by atoms with Crippen molar-refractivity contribution in [3.05, 3.63) is 0 Å². The van der Waals surface area contributed by atoms with Crippen molar-refractivity contribution in [2.75, 3.05) is 19.3 Å². The third-order valence-corrected chi connectivity index (χ3v) is 4.92. The average Bonchev–Trinajstić information content (AvgIpc) is 2.35. The minimum absolute atomic E-state index is 0.0900. The third-order valence-electron chi connectivity index (χ3n) is 3.55. The lowest BCUT2D eigenvalue weighted by molar-refractivity contribution is -0.121. The van der Waals surface area contributed by atoms with E-state index in [-0.39, 0.29) is 11.2 Å². The number of hydrogen-bond acceptors (Lipinski definition) is 3. The number of rotatable bonds is 7. The molecule has 4 nitrogen and oxygen atoms in total. The van der Waals surface area contributed by atoms with Gasteiger partial charge in [0, 0.05) is 28.3 Å². The predicted molar refractivity (Wildman–Crippen MR) is 76.0 cm³/mol. The molecule has 18 heavy (non-hydrogen) atoms. The van der Waals surface area contributed by atoms with Crippen molar-refractivity contribution in [2.24, 2.45) is 0 Å². The highest BCUT2D eigenvalue weighted by Gasteiger charge is 2.15. The Kier molecular flexibility index (Phi) is 7.51. The van der Waals surface area contributed by atoms with Crippen LogP contribution >= 0.6 is 0 Å². The van der Waals surface area contributed by atoms with Crippen molar-refractivity contribution < 1.29 is 9.00 Å². The molecule has 1 fully saturated rings. The topological polar surface area (TPSA) is 58.2 Å². The Hall–Kier alpha value is -0.420. The lowest BCUT2D eigenvalue weighted by atomic mass is 9.95. The molecule has 0 aromatic carbocycles. The van der Waals surface area contributed by atoms with Gasteiger partial charge < -0.3 is 10.6 Å². The second-order valence-corrected chi connectivity index (χ2v) is 6.98. The molecule has 2 atom stereocenters. The first kappa shape index (κ1) is 15.6. The second kappa shape index (κ2) is 8.64. The molecule has 106 valence electrons. The van der Waals surface area contributed by atoms with Crippen molar-refractivity contribution in [1.82, 2.24) is 10.6 Å². The van der Waals surface area contributed by atoms with E-state index in [2.05, 4.69) is 10.6 Å². The Morgan fingerprint density at radius 1 is 1.33 bits per heavy atom. The summed E-state index contributed by atoms with van der Waals surface area (Å²) in [7, 11) is -0.771. The molecule has 1 saturated carbocycles. The van der Waals surface area contributed by atoms with Crippen LogP contribution in [0.1, 0.15) is 45.4 Å². The maximum Gasteiger partial charge on any atom is 0.234 e. The normalized spacial score (nSPS) is 20.3. The molecule has 0 aliphatic heterocycles. The Bertz CT molecular complexity index is 278. The highest BCUT2D eigenvalue weighted by atomic mass is 32.2. The van der Waals surface area contributed by atoms with Crippen LogP contribution in [0.25, 0.3) is 0 Å². The molecule has 1 amide bonds. The van der Waals surface area contributed by atoms with Crippen LogP contribution in [0.2, 0.25) is 0 Å². The van der Waals surface area contributed by atoms with E-state index in [0.29, 0.717) is 12.6 Å². The summed E-state index contributed by atoms with van der Waals surface area (Å²) in [5, 5.41) is 6.38. The van der Waals surface area contributed by atoms with Crippen LogP contribution in [0.5, 0.6) is 0 Å². The number of hydrogen-bond donors (Lipinski definition) is 2. The molecule has 0 spiro atoms. The van der Waals surface area contributed by atoms with E-state index in [4.69, 9.17) is 0 Å². The van der Waals surface area contributed by atoms with Gasteiger partial charge in [-0.3, -0.25) is 9.00 Å². The summed E-state index contributed by atoms with van der Waals surface area (Å²) in [4.78, 5) is 11.7. The van der Waals surface area contributed by atoms with Crippen molar-refractivity contribution in [2.45, 2.75) is 56.7 Å². The van der Waals surface area contributed by atoms with E-state index >= 15 is 0 Å². The Morgan fingerprint density at radius 2 is 2.00 bits per heavy atom. The fourth-order valence-electron chi connectivity index (χ4n) is 2.20. The van der Waals surface area contributed by atoms with Crippen LogP contribution in [-0.4, -0.2) is 40.8 Å². The fraction of sp³-hybridized carbons (Fsp3) is 0.923. The molecule has 1 aliphatic rings. The SMILES string of the molecule is CC(CCNCC(=O)NC1CCCCC1)S(C)=O. The molecular formula is C13H26N2O2S. The summed E-state index contributed by atoms with van der Waals surface area (Å²) in [5.41, 5.74) is 0. The zero-order valence-electron chi connectivity index (χ0n) is 11.5. The van der Waals surface area contributed by atoms with Crippen LogP contribution in [0, 0.1) is 0 Å². The molecular weight excluding hydrogens is 248 g/mol. The summed E-state index contributed by atoms with van der Waals surface area (Å²) < 4.78 is 11.1. The van der Waals surface area contributed by atoms with E-state index in [0.717, 1.165) is 25.8 Å². The lowest BCUT2D eigenvalue weighted by Crippen LogP contribution is -2.41. The lowest BCUT2D eigenvalue weighted by Gasteiger charge is -2.22. The molecule has 2 N–H and O–H groups in total. The molecule has 0 radical (unpaired) electrons. The number of amides is 1. The van der Waals surface area contributed by atoms with Gasteiger partial charge in [0.2, 0.25) is 5.91 Å². The summed E-state index contributed by atoms with van der Waals surface area (Å²) in [6, 6.07) is 0.384. The van der Waals surface area contributed by atoms with Crippen LogP contribution in [-0.2, 0) is 15.6 Å². The number of carbonyl (C=O) groups is 1. The van der Waals surface area contributed by atoms with Gasteiger partial charge in [0.15, 0.2) is 0 Å². The van der Waals surface area contributed by atoms with Gasteiger partial charge in [0.05, 0.1) is 6.54 Å². The molecule has 0 bridgehead atoms. The smallest absolute Gasteiger partial charge is 0.234 e. The molecule has 1 aliphatic carbocycles. The molecule has 2 unspecified atom stereocenters. The molecule has 0 aromatic heterocycles. The van der Waals surface area contributed by atoms with E-state index in [1.807, 2.05) is 6.92 Å². The molecule has 1 rings (SSSR count). The van der Waals surface area contributed by atoms with Gasteiger partial charge in [-0.2, -0.15) is 0 Å². The molecule has 0 aromatic rings. The quantitative estimate of drug-likeness (QED) is 0.686. The van der Waals surface area contributed by atoms with Gasteiger partial charge in [0.1, 0.15) is 0 Å². The Labute approximate surface area is 113 Å². The first-order valence-corrected chi connectivity index (χ1v) is 8.54. The summed E-state index contributed by atoms with van der Waals surface area (Å²) in [6.45, 7) is 3.10.